The molecule has 0 saturated heterocycles. The summed E-state index contributed by atoms with van der Waals surface area (Å²) in [6, 6.07) is 5.89. The maximum atomic E-state index is 5.61. The summed E-state index contributed by atoms with van der Waals surface area (Å²) in [6.45, 7) is 1.98. The van der Waals surface area contributed by atoms with E-state index in [4.69, 9.17) is 16.1 Å². The van der Waals surface area contributed by atoms with Crippen LogP contribution in [0, 0.1) is 6.92 Å². The highest BCUT2D eigenvalue weighted by atomic mass is 35.5. The van der Waals surface area contributed by atoms with Crippen LogP contribution in [0.3, 0.4) is 0 Å². The fourth-order valence-corrected chi connectivity index (χ4v) is 2.01. The molecule has 0 aliphatic rings. The molecule has 0 bridgehead atoms. The predicted molar refractivity (Wildman–Crippen MR) is 63.8 cm³/mol. The Hall–Kier alpha value is -1.88. The monoisotopic (exact) mass is 248 g/mol. The molecule has 3 aromatic rings. The molecule has 0 unspecified atom stereocenters. The number of fused-ring (bicyclic) bond motifs is 1. The van der Waals surface area contributed by atoms with Gasteiger partial charge in [0.2, 0.25) is 5.82 Å². The van der Waals surface area contributed by atoms with Crippen LogP contribution in [0.25, 0.3) is 22.3 Å². The van der Waals surface area contributed by atoms with Crippen molar-refractivity contribution in [1.29, 1.82) is 0 Å². The lowest BCUT2D eigenvalue weighted by Gasteiger charge is -1.97. The van der Waals surface area contributed by atoms with E-state index in [0.717, 1.165) is 22.2 Å². The van der Waals surface area contributed by atoms with Crippen LogP contribution in [0.4, 0.5) is 0 Å². The predicted octanol–water partition coefficient (Wildman–Crippen LogP) is 2.59. The van der Waals surface area contributed by atoms with Gasteiger partial charge in [0.15, 0.2) is 0 Å². The molecular weight excluding hydrogens is 240 g/mol. The summed E-state index contributed by atoms with van der Waals surface area (Å²) in [7, 11) is 1.91. The lowest BCUT2D eigenvalue weighted by atomic mass is 10.1. The average molecular weight is 249 g/mol. The summed E-state index contributed by atoms with van der Waals surface area (Å²) in [5.74, 6) is 0.482. The van der Waals surface area contributed by atoms with Gasteiger partial charge in [-0.3, -0.25) is 4.68 Å². The Labute approximate surface area is 102 Å². The number of aryl methyl sites for hydroxylation is 2. The quantitative estimate of drug-likeness (QED) is 0.664. The minimum Gasteiger partial charge on any atom is -0.321 e. The first kappa shape index (κ1) is 10.3. The molecule has 17 heavy (non-hydrogen) atoms. The van der Waals surface area contributed by atoms with E-state index >= 15 is 0 Å². The lowest BCUT2D eigenvalue weighted by Crippen LogP contribution is -1.90. The van der Waals surface area contributed by atoms with E-state index in [9.17, 15) is 0 Å². The van der Waals surface area contributed by atoms with Gasteiger partial charge in [-0.15, -0.1) is 0 Å². The number of hydrogen-bond acceptors (Lipinski definition) is 4. The Kier molecular flexibility index (Phi) is 2.16. The first-order valence-electron chi connectivity index (χ1n) is 5.08. The number of halogens is 1. The molecule has 0 saturated carbocycles. The van der Waals surface area contributed by atoms with Crippen LogP contribution in [-0.4, -0.2) is 19.9 Å². The zero-order chi connectivity index (χ0) is 12.0. The number of nitrogens with zero attached hydrogens (tertiary/aromatic N) is 4. The number of rotatable bonds is 1. The van der Waals surface area contributed by atoms with Crippen LogP contribution in [0.2, 0.25) is 5.35 Å². The topological polar surface area (TPSA) is 56.7 Å². The van der Waals surface area contributed by atoms with Gasteiger partial charge in [-0.05, 0) is 24.6 Å². The van der Waals surface area contributed by atoms with Crippen LogP contribution < -0.4 is 0 Å². The van der Waals surface area contributed by atoms with Crippen molar-refractivity contribution in [2.45, 2.75) is 6.92 Å². The smallest absolute Gasteiger partial charge is 0.320 e. The second kappa shape index (κ2) is 3.56. The third kappa shape index (κ3) is 1.59. The maximum absolute atomic E-state index is 5.61. The largest absolute Gasteiger partial charge is 0.321 e. The zero-order valence-electron chi connectivity index (χ0n) is 9.31. The standard InChI is InChI=1S/C11H9ClN4O/c1-6-8-4-3-7(5-9(8)16(2)14-6)10-13-11(12)17-15-10/h3-5H,1-2H3. The third-order valence-corrected chi connectivity index (χ3v) is 2.85. The highest BCUT2D eigenvalue weighted by Gasteiger charge is 2.10. The molecule has 1 aromatic carbocycles. The molecule has 86 valence electrons. The fourth-order valence-electron chi connectivity index (χ4n) is 1.90. The zero-order valence-corrected chi connectivity index (χ0v) is 10.1. The van der Waals surface area contributed by atoms with Gasteiger partial charge in [-0.25, -0.2) is 0 Å². The van der Waals surface area contributed by atoms with Crippen LogP contribution >= 0.6 is 11.6 Å². The minimum atomic E-state index is 0.0429. The van der Waals surface area contributed by atoms with Crippen molar-refractivity contribution in [3.63, 3.8) is 0 Å². The number of aromatic nitrogens is 4. The van der Waals surface area contributed by atoms with E-state index in [1.54, 1.807) is 0 Å². The Morgan fingerprint density at radius 2 is 2.18 bits per heavy atom. The van der Waals surface area contributed by atoms with Crippen molar-refractivity contribution in [3.05, 3.63) is 29.2 Å². The highest BCUT2D eigenvalue weighted by molar-refractivity contribution is 6.27. The highest BCUT2D eigenvalue weighted by Crippen LogP contribution is 2.24. The average Bonchev–Trinajstić information content (AvgIpc) is 2.85. The van der Waals surface area contributed by atoms with E-state index < -0.39 is 0 Å². The van der Waals surface area contributed by atoms with E-state index in [1.165, 1.54) is 0 Å². The Bertz CT molecular complexity index is 701. The van der Waals surface area contributed by atoms with Crippen molar-refractivity contribution < 1.29 is 4.52 Å². The summed E-state index contributed by atoms with van der Waals surface area (Å²) in [6.07, 6.45) is 0. The van der Waals surface area contributed by atoms with E-state index in [2.05, 4.69) is 15.2 Å². The van der Waals surface area contributed by atoms with Crippen LogP contribution in [0.15, 0.2) is 22.7 Å². The second-order valence-corrected chi connectivity index (χ2v) is 4.14. The molecule has 0 spiro atoms. The lowest BCUT2D eigenvalue weighted by molar-refractivity contribution is 0.421. The van der Waals surface area contributed by atoms with Gasteiger partial charge in [0.05, 0.1) is 11.2 Å². The van der Waals surface area contributed by atoms with E-state index in [0.29, 0.717) is 5.82 Å². The van der Waals surface area contributed by atoms with Crippen LogP contribution in [0.1, 0.15) is 5.69 Å². The summed E-state index contributed by atoms with van der Waals surface area (Å²) in [5.41, 5.74) is 2.89. The summed E-state index contributed by atoms with van der Waals surface area (Å²) >= 11 is 5.61. The van der Waals surface area contributed by atoms with Gasteiger partial charge in [-0.1, -0.05) is 17.3 Å². The van der Waals surface area contributed by atoms with Crippen LogP contribution in [-0.2, 0) is 7.05 Å². The molecule has 2 heterocycles. The van der Waals surface area contributed by atoms with Gasteiger partial charge < -0.3 is 4.52 Å². The summed E-state index contributed by atoms with van der Waals surface area (Å²) in [4.78, 5) is 3.98. The van der Waals surface area contributed by atoms with Crippen LogP contribution in [0.5, 0.6) is 0 Å². The first-order valence-corrected chi connectivity index (χ1v) is 5.46. The van der Waals surface area contributed by atoms with Crippen molar-refractivity contribution in [3.8, 4) is 11.4 Å². The van der Waals surface area contributed by atoms with Crippen molar-refractivity contribution >= 4 is 22.5 Å². The molecule has 6 heteroatoms. The summed E-state index contributed by atoms with van der Waals surface area (Å²) < 4.78 is 6.58. The molecule has 2 aromatic heterocycles. The molecule has 0 fully saturated rings. The molecule has 0 radical (unpaired) electrons. The Balaban J connectivity index is 2.22. The van der Waals surface area contributed by atoms with Crippen molar-refractivity contribution in [1.82, 2.24) is 19.9 Å². The summed E-state index contributed by atoms with van der Waals surface area (Å²) in [5, 5.41) is 9.30. The molecule has 0 N–H and O–H groups in total. The third-order valence-electron chi connectivity index (χ3n) is 2.70. The molecule has 3 rings (SSSR count). The van der Waals surface area contributed by atoms with Gasteiger partial charge in [0.1, 0.15) is 0 Å². The number of benzene rings is 1. The molecule has 0 atom stereocenters. The Morgan fingerprint density at radius 3 is 2.88 bits per heavy atom. The molecular formula is C11H9ClN4O. The Morgan fingerprint density at radius 1 is 1.35 bits per heavy atom. The van der Waals surface area contributed by atoms with Crippen molar-refractivity contribution in [2.75, 3.05) is 0 Å². The molecule has 5 nitrogen and oxygen atoms in total. The fraction of sp³-hybridized carbons (Fsp3) is 0.182. The van der Waals surface area contributed by atoms with E-state index in [-0.39, 0.29) is 5.35 Å². The molecule has 0 amide bonds. The normalized spacial score (nSPS) is 11.2. The van der Waals surface area contributed by atoms with Gasteiger partial charge in [0.25, 0.3) is 0 Å². The maximum Gasteiger partial charge on any atom is 0.320 e. The number of hydrogen-bond donors (Lipinski definition) is 0. The first-order chi connectivity index (χ1) is 8.15. The van der Waals surface area contributed by atoms with Gasteiger partial charge in [0, 0.05) is 18.0 Å². The molecule has 0 aliphatic carbocycles. The van der Waals surface area contributed by atoms with E-state index in [1.807, 2.05) is 36.9 Å². The minimum absolute atomic E-state index is 0.0429. The second-order valence-electron chi connectivity index (χ2n) is 3.81. The SMILES string of the molecule is Cc1nn(C)c2cc(-c3noc(Cl)n3)ccc12. The molecule has 0 aliphatic heterocycles. The van der Waals surface area contributed by atoms with Crippen molar-refractivity contribution in [2.24, 2.45) is 7.05 Å². The van der Waals surface area contributed by atoms with Gasteiger partial charge >= 0.3 is 5.35 Å². The van der Waals surface area contributed by atoms with Gasteiger partial charge in [-0.2, -0.15) is 10.1 Å².